The Labute approximate surface area is 228 Å². The zero-order valence-corrected chi connectivity index (χ0v) is 22.1. The molecule has 0 saturated carbocycles. The van der Waals surface area contributed by atoms with Crippen LogP contribution in [0.5, 0.6) is 0 Å². The molecule has 5 nitrogen and oxygen atoms in total. The molecule has 0 aliphatic carbocycles. The van der Waals surface area contributed by atoms with Crippen molar-refractivity contribution in [2.24, 2.45) is 0 Å². The average Bonchev–Trinajstić information content (AvgIpc) is 3.44. The molecule has 0 N–H and O–H groups in total. The Kier molecular flexibility index (Phi) is 7.15. The van der Waals surface area contributed by atoms with Gasteiger partial charge in [-0.25, -0.2) is 4.68 Å². The van der Waals surface area contributed by atoms with Crippen molar-refractivity contribution in [1.82, 2.24) is 14.8 Å². The SMILES string of the molecule is CC/C(=C(\c1ccc(C=O)cc1)c1ccc2c(cnn2C2CCCCO2)c1)c1ccc(-c2ccccn2)cc1. The minimum absolute atomic E-state index is 0.00294. The third-order valence-electron chi connectivity index (χ3n) is 7.50. The first-order chi connectivity index (χ1) is 19.2. The molecule has 3 heterocycles. The zero-order valence-electron chi connectivity index (χ0n) is 22.1. The summed E-state index contributed by atoms with van der Waals surface area (Å²) in [5.74, 6) is 0. The minimum Gasteiger partial charge on any atom is -0.356 e. The second-order valence-electron chi connectivity index (χ2n) is 9.92. The third kappa shape index (κ3) is 5.06. The van der Waals surface area contributed by atoms with Gasteiger partial charge >= 0.3 is 0 Å². The molecule has 0 radical (unpaired) electrons. The van der Waals surface area contributed by atoms with Crippen LogP contribution in [0.2, 0.25) is 0 Å². The van der Waals surface area contributed by atoms with Crippen LogP contribution in [0.3, 0.4) is 0 Å². The van der Waals surface area contributed by atoms with Gasteiger partial charge in [0.15, 0.2) is 6.23 Å². The summed E-state index contributed by atoms with van der Waals surface area (Å²) in [6.07, 6.45) is 8.75. The molecular weight excluding hydrogens is 482 g/mol. The summed E-state index contributed by atoms with van der Waals surface area (Å²) >= 11 is 0. The molecule has 0 bridgehead atoms. The van der Waals surface area contributed by atoms with E-state index in [0.29, 0.717) is 5.56 Å². The van der Waals surface area contributed by atoms with E-state index in [1.165, 1.54) is 5.57 Å². The topological polar surface area (TPSA) is 57.0 Å². The van der Waals surface area contributed by atoms with Crippen LogP contribution in [0.15, 0.2) is 97.3 Å². The maximum atomic E-state index is 11.4. The lowest BCUT2D eigenvalue weighted by atomic mass is 9.87. The van der Waals surface area contributed by atoms with Crippen LogP contribution in [0, 0.1) is 0 Å². The van der Waals surface area contributed by atoms with Crippen molar-refractivity contribution in [2.75, 3.05) is 6.61 Å². The first kappa shape index (κ1) is 25.0. The molecular formula is C34H31N3O2. The van der Waals surface area contributed by atoms with E-state index in [2.05, 4.69) is 54.4 Å². The fourth-order valence-electron chi connectivity index (χ4n) is 5.50. The second kappa shape index (κ2) is 11.2. The number of benzene rings is 3. The molecule has 5 aromatic rings. The predicted octanol–water partition coefficient (Wildman–Crippen LogP) is 7.98. The van der Waals surface area contributed by atoms with E-state index in [1.54, 1.807) is 0 Å². The lowest BCUT2D eigenvalue weighted by molar-refractivity contribution is -0.0366. The van der Waals surface area contributed by atoms with Crippen molar-refractivity contribution in [2.45, 2.75) is 38.8 Å². The summed E-state index contributed by atoms with van der Waals surface area (Å²) < 4.78 is 8.04. The highest BCUT2D eigenvalue weighted by molar-refractivity contribution is 6.00. The van der Waals surface area contributed by atoms with Gasteiger partial charge in [-0.2, -0.15) is 5.10 Å². The van der Waals surface area contributed by atoms with E-state index in [4.69, 9.17) is 9.84 Å². The summed E-state index contributed by atoms with van der Waals surface area (Å²) in [6.45, 7) is 2.98. The fourth-order valence-corrected chi connectivity index (χ4v) is 5.50. The largest absolute Gasteiger partial charge is 0.356 e. The first-order valence-corrected chi connectivity index (χ1v) is 13.6. The van der Waals surface area contributed by atoms with Gasteiger partial charge in [0.05, 0.1) is 17.4 Å². The van der Waals surface area contributed by atoms with Crippen LogP contribution < -0.4 is 0 Å². The summed E-state index contributed by atoms with van der Waals surface area (Å²) in [5.41, 5.74) is 9.56. The van der Waals surface area contributed by atoms with Gasteiger partial charge in [0, 0.05) is 29.3 Å². The van der Waals surface area contributed by atoms with Gasteiger partial charge in [0.25, 0.3) is 0 Å². The van der Waals surface area contributed by atoms with Gasteiger partial charge in [-0.15, -0.1) is 0 Å². The Bertz CT molecular complexity index is 1610. The lowest BCUT2D eigenvalue weighted by Gasteiger charge is -2.23. The van der Waals surface area contributed by atoms with Crippen LogP contribution in [0.25, 0.3) is 33.3 Å². The van der Waals surface area contributed by atoms with Crippen molar-refractivity contribution in [3.8, 4) is 11.3 Å². The fraction of sp³-hybridized carbons (Fsp3) is 0.206. The number of pyridine rings is 1. The molecule has 1 aliphatic rings. The molecule has 1 unspecified atom stereocenters. The lowest BCUT2D eigenvalue weighted by Crippen LogP contribution is -2.18. The minimum atomic E-state index is -0.00294. The van der Waals surface area contributed by atoms with Crippen molar-refractivity contribution in [1.29, 1.82) is 0 Å². The second-order valence-corrected chi connectivity index (χ2v) is 9.92. The molecule has 3 aromatic carbocycles. The van der Waals surface area contributed by atoms with E-state index >= 15 is 0 Å². The van der Waals surface area contributed by atoms with E-state index in [0.717, 1.165) is 83.0 Å². The summed E-state index contributed by atoms with van der Waals surface area (Å²) in [4.78, 5) is 15.9. The molecule has 6 rings (SSSR count). The van der Waals surface area contributed by atoms with Gasteiger partial charge in [-0.3, -0.25) is 9.78 Å². The summed E-state index contributed by atoms with van der Waals surface area (Å²) in [7, 11) is 0. The molecule has 194 valence electrons. The number of ether oxygens (including phenoxy) is 1. The van der Waals surface area contributed by atoms with Crippen molar-refractivity contribution < 1.29 is 9.53 Å². The van der Waals surface area contributed by atoms with Gasteiger partial charge in [-0.1, -0.05) is 67.6 Å². The summed E-state index contributed by atoms with van der Waals surface area (Å²) in [6, 6.07) is 29.0. The van der Waals surface area contributed by atoms with E-state index in [9.17, 15) is 4.79 Å². The smallest absolute Gasteiger partial charge is 0.150 e. The number of aldehydes is 1. The number of fused-ring (bicyclic) bond motifs is 1. The number of rotatable bonds is 7. The number of carbonyl (C=O) groups excluding carboxylic acids is 1. The molecule has 39 heavy (non-hydrogen) atoms. The van der Waals surface area contributed by atoms with Crippen LogP contribution in [0.4, 0.5) is 0 Å². The Morgan fingerprint density at radius 2 is 1.74 bits per heavy atom. The number of hydrogen-bond donors (Lipinski definition) is 0. The van der Waals surface area contributed by atoms with Crippen LogP contribution in [-0.4, -0.2) is 27.7 Å². The van der Waals surface area contributed by atoms with Gasteiger partial charge in [0.1, 0.15) is 6.29 Å². The third-order valence-corrected chi connectivity index (χ3v) is 7.50. The first-order valence-electron chi connectivity index (χ1n) is 13.6. The molecule has 0 spiro atoms. The quantitative estimate of drug-likeness (QED) is 0.164. The van der Waals surface area contributed by atoms with Gasteiger partial charge < -0.3 is 4.74 Å². The Morgan fingerprint density at radius 1 is 0.949 bits per heavy atom. The molecule has 1 atom stereocenters. The molecule has 1 saturated heterocycles. The normalized spacial score (nSPS) is 16.2. The molecule has 0 amide bonds. The highest BCUT2D eigenvalue weighted by atomic mass is 16.5. The Morgan fingerprint density at radius 3 is 2.44 bits per heavy atom. The van der Waals surface area contributed by atoms with Crippen molar-refractivity contribution in [3.63, 3.8) is 0 Å². The van der Waals surface area contributed by atoms with Crippen LogP contribution >= 0.6 is 0 Å². The maximum Gasteiger partial charge on any atom is 0.150 e. The Balaban J connectivity index is 1.47. The van der Waals surface area contributed by atoms with Gasteiger partial charge in [-0.05, 0) is 77.8 Å². The van der Waals surface area contributed by atoms with Crippen LogP contribution in [0.1, 0.15) is 65.9 Å². The number of carbonyl (C=O) groups is 1. The van der Waals surface area contributed by atoms with E-state index in [1.807, 2.05) is 59.5 Å². The van der Waals surface area contributed by atoms with E-state index < -0.39 is 0 Å². The average molecular weight is 514 g/mol. The predicted molar refractivity (Wildman–Crippen MR) is 156 cm³/mol. The number of nitrogens with zero attached hydrogens (tertiary/aromatic N) is 3. The van der Waals surface area contributed by atoms with Crippen LogP contribution in [-0.2, 0) is 4.74 Å². The monoisotopic (exact) mass is 513 g/mol. The number of allylic oxidation sites excluding steroid dienone is 1. The number of aromatic nitrogens is 3. The molecule has 5 heteroatoms. The molecule has 2 aromatic heterocycles. The maximum absolute atomic E-state index is 11.4. The molecule has 1 aliphatic heterocycles. The Hall–Kier alpha value is -4.35. The standard InChI is InChI=1S/C34H31N3O2/c1-2-30(25-13-15-26(16-14-25)31-7-3-5-19-35-31)34(27-11-9-24(23-38)10-12-27)28-17-18-32-29(21-28)22-36-37(32)33-8-4-6-20-39-33/h3,5,7,9-19,21-23,33H,2,4,6,8,20H2,1H3/b34-30-. The van der Waals surface area contributed by atoms with E-state index in [-0.39, 0.29) is 6.23 Å². The zero-order chi connectivity index (χ0) is 26.6. The highest BCUT2D eigenvalue weighted by Gasteiger charge is 2.20. The molecule has 1 fully saturated rings. The summed E-state index contributed by atoms with van der Waals surface area (Å²) in [5, 5.41) is 5.79. The number of hydrogen-bond acceptors (Lipinski definition) is 4. The van der Waals surface area contributed by atoms with Crippen molar-refractivity contribution >= 4 is 28.3 Å². The van der Waals surface area contributed by atoms with Crippen molar-refractivity contribution in [3.05, 3.63) is 120 Å². The highest BCUT2D eigenvalue weighted by Crippen LogP contribution is 2.37. The van der Waals surface area contributed by atoms with Gasteiger partial charge in [0.2, 0.25) is 0 Å².